The van der Waals surface area contributed by atoms with E-state index in [2.05, 4.69) is 16.9 Å². The highest BCUT2D eigenvalue weighted by molar-refractivity contribution is 7.18. The zero-order valence-corrected chi connectivity index (χ0v) is 16.7. The van der Waals surface area contributed by atoms with Crippen molar-refractivity contribution in [1.82, 2.24) is 9.97 Å². The molecule has 0 amide bonds. The normalized spacial score (nSPS) is 17.0. The number of rotatable bonds is 4. The maximum absolute atomic E-state index is 12.7. The molecule has 0 fully saturated rings. The predicted molar refractivity (Wildman–Crippen MR) is 108 cm³/mol. The average molecular weight is 413 g/mol. The molecule has 9 heteroatoms. The number of thiophene rings is 1. The van der Waals surface area contributed by atoms with Gasteiger partial charge < -0.3 is 9.72 Å². The number of esters is 1. The maximum Gasteiger partial charge on any atom is 0.338 e. The number of nitrogens with one attached hydrogen (secondary N) is 1. The Hall–Kier alpha value is -3.07. The highest BCUT2D eigenvalue weighted by atomic mass is 32.1. The van der Waals surface area contributed by atoms with Crippen molar-refractivity contribution in [1.29, 1.82) is 0 Å². The van der Waals surface area contributed by atoms with E-state index in [9.17, 15) is 19.7 Å². The molecule has 0 aliphatic heterocycles. The van der Waals surface area contributed by atoms with E-state index in [1.165, 1.54) is 40.5 Å². The minimum absolute atomic E-state index is 0.109. The highest BCUT2D eigenvalue weighted by Crippen LogP contribution is 2.36. The lowest BCUT2D eigenvalue weighted by Gasteiger charge is -2.17. The van der Waals surface area contributed by atoms with Gasteiger partial charge in [0.2, 0.25) is 0 Å². The molecule has 0 spiro atoms. The van der Waals surface area contributed by atoms with E-state index in [-0.39, 0.29) is 22.6 Å². The summed E-state index contributed by atoms with van der Waals surface area (Å²) in [6.07, 6.45) is 2.12. The molecule has 150 valence electrons. The molecule has 29 heavy (non-hydrogen) atoms. The van der Waals surface area contributed by atoms with Gasteiger partial charge in [-0.15, -0.1) is 11.3 Å². The third-order valence-corrected chi connectivity index (χ3v) is 6.31. The van der Waals surface area contributed by atoms with Gasteiger partial charge in [-0.2, -0.15) is 0 Å². The summed E-state index contributed by atoms with van der Waals surface area (Å²) in [5.74, 6) is 0.231. The number of carbonyl (C=O) groups excluding carboxylic acids is 1. The number of H-pyrrole nitrogens is 1. The molecule has 0 bridgehead atoms. The van der Waals surface area contributed by atoms with Crippen molar-refractivity contribution >= 4 is 33.2 Å². The second kappa shape index (κ2) is 7.40. The van der Waals surface area contributed by atoms with Gasteiger partial charge >= 0.3 is 5.97 Å². The van der Waals surface area contributed by atoms with Crippen molar-refractivity contribution in [2.75, 3.05) is 0 Å². The minimum atomic E-state index is -0.771. The van der Waals surface area contributed by atoms with E-state index in [1.807, 2.05) is 0 Å². The lowest BCUT2D eigenvalue weighted by Crippen LogP contribution is -2.18. The summed E-state index contributed by atoms with van der Waals surface area (Å²) in [4.78, 5) is 44.4. The first-order chi connectivity index (χ1) is 13.8. The maximum atomic E-state index is 12.7. The highest BCUT2D eigenvalue weighted by Gasteiger charge is 2.24. The molecular weight excluding hydrogens is 394 g/mol. The number of nitro groups is 1. The van der Waals surface area contributed by atoms with Crippen LogP contribution in [0.2, 0.25) is 0 Å². The molecule has 1 N–H and O–H groups in total. The molecule has 0 unspecified atom stereocenters. The Kier molecular flexibility index (Phi) is 4.91. The van der Waals surface area contributed by atoms with E-state index >= 15 is 0 Å². The summed E-state index contributed by atoms with van der Waals surface area (Å²) in [5, 5.41) is 11.4. The lowest BCUT2D eigenvalue weighted by molar-refractivity contribution is -0.384. The van der Waals surface area contributed by atoms with Crippen LogP contribution in [-0.2, 0) is 17.6 Å². The Morgan fingerprint density at radius 1 is 1.38 bits per heavy atom. The van der Waals surface area contributed by atoms with Crippen molar-refractivity contribution < 1.29 is 14.5 Å². The first-order valence-electron chi connectivity index (χ1n) is 9.33. The predicted octanol–water partition coefficient (Wildman–Crippen LogP) is 3.94. The van der Waals surface area contributed by atoms with Crippen molar-refractivity contribution in [3.05, 3.63) is 66.6 Å². The molecule has 1 aliphatic rings. The van der Waals surface area contributed by atoms with Crippen LogP contribution < -0.4 is 5.56 Å². The second-order valence-corrected chi connectivity index (χ2v) is 8.42. The van der Waals surface area contributed by atoms with Gasteiger partial charge in [-0.05, 0) is 49.8 Å². The Labute approximate surface area is 169 Å². The fraction of sp³-hybridized carbons (Fsp3) is 0.350. The third kappa shape index (κ3) is 3.65. The molecule has 2 atom stereocenters. The fourth-order valence-electron chi connectivity index (χ4n) is 3.56. The topological polar surface area (TPSA) is 115 Å². The van der Waals surface area contributed by atoms with Gasteiger partial charge in [0, 0.05) is 17.0 Å². The number of ether oxygens (including phenoxy) is 1. The van der Waals surface area contributed by atoms with Gasteiger partial charge in [-0.1, -0.05) is 6.92 Å². The van der Waals surface area contributed by atoms with Crippen LogP contribution in [0.15, 0.2) is 29.1 Å². The Morgan fingerprint density at radius 3 is 2.79 bits per heavy atom. The monoisotopic (exact) mass is 413 g/mol. The van der Waals surface area contributed by atoms with Crippen LogP contribution >= 0.6 is 11.3 Å². The number of nitrogens with zero attached hydrogens (tertiary/aromatic N) is 2. The van der Waals surface area contributed by atoms with Crippen LogP contribution in [0.5, 0.6) is 0 Å². The Bertz CT molecular complexity index is 1170. The summed E-state index contributed by atoms with van der Waals surface area (Å²) in [5.41, 5.74) is 0.961. The number of nitro benzene ring substituents is 1. The second-order valence-electron chi connectivity index (χ2n) is 7.33. The molecular formula is C20H19N3O5S. The van der Waals surface area contributed by atoms with Crippen LogP contribution in [0.4, 0.5) is 5.69 Å². The van der Waals surface area contributed by atoms with Crippen molar-refractivity contribution in [3.63, 3.8) is 0 Å². The summed E-state index contributed by atoms with van der Waals surface area (Å²) < 4.78 is 5.41. The molecule has 3 aromatic rings. The van der Waals surface area contributed by atoms with E-state index in [0.717, 1.165) is 24.8 Å². The zero-order valence-electron chi connectivity index (χ0n) is 15.9. The molecule has 2 aromatic heterocycles. The van der Waals surface area contributed by atoms with E-state index in [0.29, 0.717) is 16.1 Å². The minimum Gasteiger partial charge on any atom is -0.451 e. The molecule has 8 nitrogen and oxygen atoms in total. The lowest BCUT2D eigenvalue weighted by atomic mass is 9.89. The number of hydrogen-bond acceptors (Lipinski definition) is 7. The van der Waals surface area contributed by atoms with Crippen molar-refractivity contribution in [3.8, 4) is 0 Å². The van der Waals surface area contributed by atoms with E-state index < -0.39 is 17.0 Å². The number of aromatic amines is 1. The quantitative estimate of drug-likeness (QED) is 0.394. The van der Waals surface area contributed by atoms with Crippen LogP contribution in [0.3, 0.4) is 0 Å². The first kappa shape index (κ1) is 19.3. The number of aromatic nitrogens is 2. The number of benzene rings is 1. The SMILES string of the molecule is C[C@@H]1CCc2c(sc3nc([C@H](C)OC(=O)c4ccc([N+](=O)[O-])cc4)[nH]c(=O)c23)C1. The standard InChI is InChI=1S/C20H19N3O5S/c1-10-3-8-14-15(9-10)29-19-16(14)18(24)21-17(22-19)11(2)28-20(25)12-4-6-13(7-5-12)23(26)27/h4-7,10-11H,3,8-9H2,1-2H3,(H,21,22,24)/t10-,11+/m1/s1. The smallest absolute Gasteiger partial charge is 0.338 e. The van der Waals surface area contributed by atoms with Gasteiger partial charge in [0.25, 0.3) is 11.2 Å². The molecule has 0 saturated heterocycles. The Balaban J connectivity index is 1.58. The molecule has 1 aromatic carbocycles. The molecule has 4 rings (SSSR count). The van der Waals surface area contributed by atoms with Gasteiger partial charge in [0.05, 0.1) is 15.9 Å². The van der Waals surface area contributed by atoms with Gasteiger partial charge in [-0.25, -0.2) is 9.78 Å². The van der Waals surface area contributed by atoms with Gasteiger partial charge in [0.15, 0.2) is 11.9 Å². The summed E-state index contributed by atoms with van der Waals surface area (Å²) in [6, 6.07) is 5.15. The molecule has 2 heterocycles. The van der Waals surface area contributed by atoms with Crippen molar-refractivity contribution in [2.24, 2.45) is 5.92 Å². The molecule has 1 aliphatic carbocycles. The van der Waals surface area contributed by atoms with Crippen LogP contribution in [-0.4, -0.2) is 20.9 Å². The first-order valence-corrected chi connectivity index (χ1v) is 10.1. The van der Waals surface area contributed by atoms with Crippen LogP contribution in [0.1, 0.15) is 53.0 Å². The van der Waals surface area contributed by atoms with E-state index in [1.54, 1.807) is 6.92 Å². The largest absolute Gasteiger partial charge is 0.451 e. The summed E-state index contributed by atoms with van der Waals surface area (Å²) in [6.45, 7) is 3.83. The van der Waals surface area contributed by atoms with Crippen LogP contribution in [0.25, 0.3) is 10.2 Å². The number of non-ortho nitro benzene ring substituents is 1. The number of aryl methyl sites for hydroxylation is 1. The van der Waals surface area contributed by atoms with Gasteiger partial charge in [-0.3, -0.25) is 14.9 Å². The zero-order chi connectivity index (χ0) is 20.7. The summed E-state index contributed by atoms with van der Waals surface area (Å²) in [7, 11) is 0. The Morgan fingerprint density at radius 2 is 2.10 bits per heavy atom. The number of fused-ring (bicyclic) bond motifs is 3. The summed E-state index contributed by atoms with van der Waals surface area (Å²) >= 11 is 1.53. The fourth-order valence-corrected chi connectivity index (χ4v) is 4.95. The average Bonchev–Trinajstić information content (AvgIpc) is 3.05. The van der Waals surface area contributed by atoms with Crippen LogP contribution in [0, 0.1) is 16.0 Å². The van der Waals surface area contributed by atoms with Gasteiger partial charge in [0.1, 0.15) is 4.83 Å². The van der Waals surface area contributed by atoms with Crippen molar-refractivity contribution in [2.45, 2.75) is 39.2 Å². The van der Waals surface area contributed by atoms with E-state index in [4.69, 9.17) is 4.74 Å². The molecule has 0 radical (unpaired) electrons. The molecule has 0 saturated carbocycles. The number of hydrogen-bond donors (Lipinski definition) is 1. The number of carbonyl (C=O) groups is 1. The third-order valence-electron chi connectivity index (χ3n) is 5.17.